The van der Waals surface area contributed by atoms with E-state index in [1.54, 1.807) is 18.2 Å². The normalized spacial score (nSPS) is 26.0. The van der Waals surface area contributed by atoms with E-state index in [0.29, 0.717) is 24.4 Å². The van der Waals surface area contributed by atoms with E-state index in [1.807, 2.05) is 6.92 Å². The van der Waals surface area contributed by atoms with Crippen LogP contribution in [0.1, 0.15) is 12.0 Å². The minimum absolute atomic E-state index is 0.310. The van der Waals surface area contributed by atoms with Gasteiger partial charge in [-0.15, -0.1) is 0 Å². The molecule has 0 spiro atoms. The molecule has 0 radical (unpaired) electrons. The van der Waals surface area contributed by atoms with Crippen molar-refractivity contribution >= 4 is 11.0 Å². The van der Waals surface area contributed by atoms with Crippen molar-refractivity contribution in [2.45, 2.75) is 31.8 Å². The molecule has 1 aromatic heterocycles. The van der Waals surface area contributed by atoms with Crippen LogP contribution in [0, 0.1) is 6.92 Å². The summed E-state index contributed by atoms with van der Waals surface area (Å²) in [7, 11) is 0. The number of aryl methyl sites for hydroxylation is 1. The lowest BCUT2D eigenvalue weighted by molar-refractivity contribution is -0.207. The summed E-state index contributed by atoms with van der Waals surface area (Å²) in [5.74, 6) is 0.398. The Morgan fingerprint density at radius 1 is 1.29 bits per heavy atom. The van der Waals surface area contributed by atoms with E-state index < -0.39 is 24.1 Å². The molecule has 1 saturated heterocycles. The van der Waals surface area contributed by atoms with Gasteiger partial charge in [-0.2, -0.15) is 0 Å². The van der Waals surface area contributed by atoms with Gasteiger partial charge in [0.15, 0.2) is 0 Å². The predicted molar refractivity (Wildman–Crippen MR) is 74.2 cm³/mol. The zero-order valence-corrected chi connectivity index (χ0v) is 11.5. The van der Waals surface area contributed by atoms with E-state index >= 15 is 0 Å². The molecule has 0 bridgehead atoms. The summed E-state index contributed by atoms with van der Waals surface area (Å²) in [6.45, 7) is 2.13. The highest BCUT2D eigenvalue weighted by Crippen LogP contribution is 2.25. The molecule has 112 valence electrons. The molecule has 6 heteroatoms. The lowest BCUT2D eigenvalue weighted by Gasteiger charge is -2.31. The maximum absolute atomic E-state index is 11.4. The highest BCUT2D eigenvalue weighted by atomic mass is 16.7. The van der Waals surface area contributed by atoms with Crippen molar-refractivity contribution in [3.05, 3.63) is 40.2 Å². The minimum atomic E-state index is -1.11. The lowest BCUT2D eigenvalue weighted by Crippen LogP contribution is -2.47. The average Bonchev–Trinajstić information content (AvgIpc) is 2.43. The van der Waals surface area contributed by atoms with Gasteiger partial charge in [0.2, 0.25) is 6.29 Å². The van der Waals surface area contributed by atoms with Crippen molar-refractivity contribution in [3.8, 4) is 5.75 Å². The molecule has 1 fully saturated rings. The van der Waals surface area contributed by atoms with Gasteiger partial charge in [0.05, 0.1) is 12.7 Å². The highest BCUT2D eigenvalue weighted by molar-refractivity contribution is 5.81. The van der Waals surface area contributed by atoms with Crippen LogP contribution < -0.4 is 10.4 Å². The minimum Gasteiger partial charge on any atom is -0.462 e. The summed E-state index contributed by atoms with van der Waals surface area (Å²) >= 11 is 0. The van der Waals surface area contributed by atoms with Crippen molar-refractivity contribution in [2.75, 3.05) is 6.61 Å². The SMILES string of the molecule is Cc1cc(=O)oc2cc(OC3OCCC(O)C3O)ccc12. The first-order valence-corrected chi connectivity index (χ1v) is 6.73. The molecule has 1 aliphatic heterocycles. The number of fused-ring (bicyclic) bond motifs is 1. The van der Waals surface area contributed by atoms with Crippen LogP contribution in [0.5, 0.6) is 5.75 Å². The van der Waals surface area contributed by atoms with Crippen LogP contribution >= 0.6 is 0 Å². The van der Waals surface area contributed by atoms with Crippen molar-refractivity contribution < 1.29 is 24.1 Å². The van der Waals surface area contributed by atoms with Crippen LogP contribution in [-0.2, 0) is 4.74 Å². The largest absolute Gasteiger partial charge is 0.462 e. The van der Waals surface area contributed by atoms with Crippen LogP contribution in [0.4, 0.5) is 0 Å². The van der Waals surface area contributed by atoms with E-state index in [0.717, 1.165) is 10.9 Å². The van der Waals surface area contributed by atoms with E-state index in [1.165, 1.54) is 6.07 Å². The molecule has 2 N–H and O–H groups in total. The van der Waals surface area contributed by atoms with Crippen LogP contribution in [0.15, 0.2) is 33.5 Å². The second-order valence-corrected chi connectivity index (χ2v) is 5.11. The number of hydrogen-bond donors (Lipinski definition) is 2. The summed E-state index contributed by atoms with van der Waals surface area (Å²) in [4.78, 5) is 11.4. The van der Waals surface area contributed by atoms with E-state index in [-0.39, 0.29) is 0 Å². The zero-order valence-electron chi connectivity index (χ0n) is 11.5. The molecular formula is C15H16O6. The fourth-order valence-electron chi connectivity index (χ4n) is 2.37. The Bertz CT molecular complexity index is 707. The lowest BCUT2D eigenvalue weighted by atomic mass is 10.1. The van der Waals surface area contributed by atoms with Crippen LogP contribution in [-0.4, -0.2) is 35.3 Å². The molecular weight excluding hydrogens is 276 g/mol. The molecule has 1 aliphatic rings. The molecule has 3 unspecified atom stereocenters. The zero-order chi connectivity index (χ0) is 15.0. The topological polar surface area (TPSA) is 89.1 Å². The van der Waals surface area contributed by atoms with Crippen LogP contribution in [0.25, 0.3) is 11.0 Å². The highest BCUT2D eigenvalue weighted by Gasteiger charge is 2.33. The first-order chi connectivity index (χ1) is 10.0. The first kappa shape index (κ1) is 14.1. The predicted octanol–water partition coefficient (Wildman–Crippen LogP) is 0.948. The molecule has 3 atom stereocenters. The van der Waals surface area contributed by atoms with Gasteiger partial charge in [0.1, 0.15) is 17.4 Å². The smallest absolute Gasteiger partial charge is 0.336 e. The third kappa shape index (κ3) is 2.78. The van der Waals surface area contributed by atoms with Gasteiger partial charge in [-0.05, 0) is 31.0 Å². The summed E-state index contributed by atoms with van der Waals surface area (Å²) in [5, 5.41) is 20.2. The number of rotatable bonds is 2. The molecule has 2 heterocycles. The standard InChI is InChI=1S/C15H16O6/c1-8-6-13(17)21-12-7-9(2-3-10(8)12)20-15-14(18)11(16)4-5-19-15/h2-3,6-7,11,14-16,18H,4-5H2,1H3. The van der Waals surface area contributed by atoms with Crippen LogP contribution in [0.3, 0.4) is 0 Å². The second-order valence-electron chi connectivity index (χ2n) is 5.11. The van der Waals surface area contributed by atoms with E-state index in [4.69, 9.17) is 13.9 Å². The monoisotopic (exact) mass is 292 g/mol. The van der Waals surface area contributed by atoms with Gasteiger partial charge in [-0.3, -0.25) is 0 Å². The van der Waals surface area contributed by atoms with Crippen molar-refractivity contribution in [1.29, 1.82) is 0 Å². The maximum atomic E-state index is 11.4. The molecule has 6 nitrogen and oxygen atoms in total. The molecule has 0 aliphatic carbocycles. The first-order valence-electron chi connectivity index (χ1n) is 6.73. The second kappa shape index (κ2) is 5.48. The third-order valence-corrected chi connectivity index (χ3v) is 3.54. The van der Waals surface area contributed by atoms with Crippen molar-refractivity contribution in [1.82, 2.24) is 0 Å². The Kier molecular flexibility index (Phi) is 3.67. The van der Waals surface area contributed by atoms with E-state index in [9.17, 15) is 15.0 Å². The summed E-state index contributed by atoms with van der Waals surface area (Å²) in [6, 6.07) is 6.47. The van der Waals surface area contributed by atoms with Gasteiger partial charge < -0.3 is 24.1 Å². The van der Waals surface area contributed by atoms with Gasteiger partial charge in [0.25, 0.3) is 0 Å². The maximum Gasteiger partial charge on any atom is 0.336 e. The molecule has 3 rings (SSSR count). The van der Waals surface area contributed by atoms with Gasteiger partial charge in [-0.1, -0.05) is 0 Å². The van der Waals surface area contributed by atoms with E-state index in [2.05, 4.69) is 0 Å². The third-order valence-electron chi connectivity index (χ3n) is 3.54. The van der Waals surface area contributed by atoms with Crippen LogP contribution in [0.2, 0.25) is 0 Å². The summed E-state index contributed by atoms with van der Waals surface area (Å²) in [6.07, 6.45) is -2.56. The Labute approximate surface area is 120 Å². The molecule has 0 amide bonds. The summed E-state index contributed by atoms with van der Waals surface area (Å²) in [5.41, 5.74) is 0.794. The number of hydrogen-bond acceptors (Lipinski definition) is 6. The van der Waals surface area contributed by atoms with Gasteiger partial charge in [0, 0.05) is 17.5 Å². The Balaban J connectivity index is 1.89. The molecule has 2 aromatic rings. The van der Waals surface area contributed by atoms with Crippen molar-refractivity contribution in [3.63, 3.8) is 0 Å². The van der Waals surface area contributed by atoms with Gasteiger partial charge >= 0.3 is 5.63 Å². The quantitative estimate of drug-likeness (QED) is 0.801. The Morgan fingerprint density at radius 2 is 2.10 bits per heavy atom. The molecule has 1 aromatic carbocycles. The molecule has 0 saturated carbocycles. The average molecular weight is 292 g/mol. The Morgan fingerprint density at radius 3 is 2.90 bits per heavy atom. The summed E-state index contributed by atoms with van der Waals surface area (Å²) < 4.78 is 16.0. The number of benzene rings is 1. The Hall–Kier alpha value is -1.89. The molecule has 21 heavy (non-hydrogen) atoms. The number of aliphatic hydroxyl groups is 2. The fraction of sp³-hybridized carbons (Fsp3) is 0.400. The number of aliphatic hydroxyl groups excluding tert-OH is 2. The number of ether oxygens (including phenoxy) is 2. The van der Waals surface area contributed by atoms with Gasteiger partial charge in [-0.25, -0.2) is 4.79 Å². The fourth-order valence-corrected chi connectivity index (χ4v) is 2.37. The van der Waals surface area contributed by atoms with Crippen molar-refractivity contribution in [2.24, 2.45) is 0 Å².